The average molecular weight is 213 g/mol. The number of hydrogen-bond donors (Lipinski definition) is 0. The predicted molar refractivity (Wildman–Crippen MR) is 49.2 cm³/mol. The summed E-state index contributed by atoms with van der Waals surface area (Å²) in [5, 5.41) is 8.48. The van der Waals surface area contributed by atoms with E-state index in [2.05, 4.69) is 0 Å². The molecule has 1 rings (SSSR count). The zero-order chi connectivity index (χ0) is 10.6. The van der Waals surface area contributed by atoms with Crippen LogP contribution in [-0.2, 0) is 9.84 Å². The van der Waals surface area contributed by atoms with Crippen molar-refractivity contribution in [2.75, 3.05) is 12.4 Å². The Morgan fingerprint density at radius 1 is 1.29 bits per heavy atom. The van der Waals surface area contributed by atoms with Gasteiger partial charge in [-0.05, 0) is 24.3 Å². The van der Waals surface area contributed by atoms with E-state index >= 15 is 0 Å². The Morgan fingerprint density at radius 2 is 1.86 bits per heavy atom. The van der Waals surface area contributed by atoms with Crippen LogP contribution in [0.15, 0.2) is 29.2 Å². The summed E-state index contributed by atoms with van der Waals surface area (Å²) in [5.41, 5.74) is 0.379. The maximum absolute atomic E-state index is 11.9. The Bertz CT molecular complexity index is 445. The van der Waals surface area contributed by atoms with Crippen molar-refractivity contribution in [3.63, 3.8) is 0 Å². The van der Waals surface area contributed by atoms with Crippen LogP contribution in [0.1, 0.15) is 5.56 Å². The molecule has 5 heteroatoms. The molecule has 0 amide bonds. The topological polar surface area (TPSA) is 57.9 Å². The summed E-state index contributed by atoms with van der Waals surface area (Å²) in [5.74, 6) is -0.515. The molecule has 0 unspecified atom stereocenters. The molecule has 0 N–H and O–H groups in total. The van der Waals surface area contributed by atoms with Crippen molar-refractivity contribution in [2.45, 2.75) is 4.90 Å². The summed E-state index contributed by atoms with van der Waals surface area (Å²) >= 11 is 0. The van der Waals surface area contributed by atoms with E-state index in [-0.39, 0.29) is 4.90 Å². The molecular formula is C9H8FNO2S. The fourth-order valence-corrected chi connectivity index (χ4v) is 1.95. The van der Waals surface area contributed by atoms with Crippen LogP contribution in [0.5, 0.6) is 0 Å². The zero-order valence-electron chi connectivity index (χ0n) is 7.27. The SMILES string of the molecule is N#Cc1ccc(S(=O)(=O)CCF)cc1. The largest absolute Gasteiger partial charge is 0.250 e. The summed E-state index contributed by atoms with van der Waals surface area (Å²) in [4.78, 5) is 0.0501. The molecule has 1 aromatic carbocycles. The normalized spacial score (nSPS) is 10.9. The standard InChI is InChI=1S/C9H8FNO2S/c10-5-6-14(12,13)9-3-1-8(7-11)2-4-9/h1-4H,5-6H2. The van der Waals surface area contributed by atoms with Crippen LogP contribution in [0.3, 0.4) is 0 Å². The molecule has 0 aromatic heterocycles. The number of rotatable bonds is 3. The van der Waals surface area contributed by atoms with Crippen molar-refractivity contribution < 1.29 is 12.8 Å². The molecule has 0 heterocycles. The van der Waals surface area contributed by atoms with Gasteiger partial charge in [0.05, 0.1) is 22.3 Å². The summed E-state index contributed by atoms with van der Waals surface area (Å²) in [6, 6.07) is 7.27. The third-order valence-corrected chi connectivity index (χ3v) is 3.37. The number of benzene rings is 1. The molecule has 0 aliphatic rings. The van der Waals surface area contributed by atoms with Crippen LogP contribution in [0.25, 0.3) is 0 Å². The highest BCUT2D eigenvalue weighted by Crippen LogP contribution is 2.11. The van der Waals surface area contributed by atoms with Crippen molar-refractivity contribution >= 4 is 9.84 Å². The van der Waals surface area contributed by atoms with Gasteiger partial charge in [-0.2, -0.15) is 5.26 Å². The van der Waals surface area contributed by atoms with Gasteiger partial charge >= 0.3 is 0 Å². The minimum atomic E-state index is -3.52. The second kappa shape index (κ2) is 4.20. The Hall–Kier alpha value is -1.41. The second-order valence-electron chi connectivity index (χ2n) is 2.64. The van der Waals surface area contributed by atoms with Gasteiger partial charge in [-0.1, -0.05) is 0 Å². The van der Waals surface area contributed by atoms with Crippen LogP contribution in [0.2, 0.25) is 0 Å². The molecule has 0 atom stereocenters. The number of hydrogen-bond acceptors (Lipinski definition) is 3. The quantitative estimate of drug-likeness (QED) is 0.760. The van der Waals surface area contributed by atoms with Crippen molar-refractivity contribution in [3.8, 4) is 6.07 Å². The number of alkyl halides is 1. The van der Waals surface area contributed by atoms with Gasteiger partial charge in [0.2, 0.25) is 0 Å². The molecule has 1 aromatic rings. The number of nitriles is 1. The van der Waals surface area contributed by atoms with Gasteiger partial charge in [0, 0.05) is 0 Å². The highest BCUT2D eigenvalue weighted by atomic mass is 32.2. The Kier molecular flexibility index (Phi) is 3.20. The van der Waals surface area contributed by atoms with Gasteiger partial charge in [0.25, 0.3) is 0 Å². The number of halogens is 1. The second-order valence-corrected chi connectivity index (χ2v) is 4.75. The van der Waals surface area contributed by atoms with Gasteiger partial charge in [0.1, 0.15) is 6.67 Å². The van der Waals surface area contributed by atoms with Crippen LogP contribution < -0.4 is 0 Å². The maximum atomic E-state index is 11.9. The molecule has 0 aliphatic carbocycles. The lowest BCUT2D eigenvalue weighted by molar-refractivity contribution is 0.517. The first-order chi connectivity index (χ1) is 6.60. The minimum Gasteiger partial charge on any atom is -0.250 e. The summed E-state index contributed by atoms with van der Waals surface area (Å²) in [6.07, 6.45) is 0. The lowest BCUT2D eigenvalue weighted by Gasteiger charge is -2.00. The van der Waals surface area contributed by atoms with E-state index < -0.39 is 22.3 Å². The molecule has 0 fully saturated rings. The summed E-state index contributed by atoms with van der Waals surface area (Å²) in [6.45, 7) is -0.900. The first kappa shape index (κ1) is 10.7. The van der Waals surface area contributed by atoms with Crippen molar-refractivity contribution in [1.82, 2.24) is 0 Å². The summed E-state index contributed by atoms with van der Waals surface area (Å²) < 4.78 is 34.5. The molecular weight excluding hydrogens is 205 g/mol. The molecule has 14 heavy (non-hydrogen) atoms. The van der Waals surface area contributed by atoms with Crippen LogP contribution in [0.4, 0.5) is 4.39 Å². The molecule has 0 saturated carbocycles. The number of nitrogens with zero attached hydrogens (tertiary/aromatic N) is 1. The first-order valence-corrected chi connectivity index (χ1v) is 5.54. The first-order valence-electron chi connectivity index (χ1n) is 3.89. The van der Waals surface area contributed by atoms with E-state index in [1.54, 1.807) is 0 Å². The van der Waals surface area contributed by atoms with Gasteiger partial charge in [-0.25, -0.2) is 12.8 Å². The smallest absolute Gasteiger partial charge is 0.180 e. The van der Waals surface area contributed by atoms with Crippen LogP contribution in [-0.4, -0.2) is 20.8 Å². The van der Waals surface area contributed by atoms with E-state index in [4.69, 9.17) is 5.26 Å². The van der Waals surface area contributed by atoms with Crippen molar-refractivity contribution in [3.05, 3.63) is 29.8 Å². The Morgan fingerprint density at radius 3 is 2.29 bits per heavy atom. The van der Waals surface area contributed by atoms with E-state index in [0.717, 1.165) is 0 Å². The summed E-state index contributed by atoms with van der Waals surface area (Å²) in [7, 11) is -3.52. The molecule has 0 aliphatic heterocycles. The van der Waals surface area contributed by atoms with E-state index in [0.29, 0.717) is 5.56 Å². The third-order valence-electron chi connectivity index (χ3n) is 1.69. The lowest BCUT2D eigenvalue weighted by Crippen LogP contribution is -2.07. The van der Waals surface area contributed by atoms with Crippen molar-refractivity contribution in [1.29, 1.82) is 5.26 Å². The van der Waals surface area contributed by atoms with Gasteiger partial charge in [0.15, 0.2) is 9.84 Å². The fourth-order valence-electron chi connectivity index (χ4n) is 0.956. The predicted octanol–water partition coefficient (Wildman–Crippen LogP) is 1.30. The highest BCUT2D eigenvalue weighted by Gasteiger charge is 2.13. The van der Waals surface area contributed by atoms with E-state index in [1.165, 1.54) is 24.3 Å². The minimum absolute atomic E-state index is 0.0501. The molecule has 3 nitrogen and oxygen atoms in total. The monoisotopic (exact) mass is 213 g/mol. The van der Waals surface area contributed by atoms with Crippen LogP contribution in [0, 0.1) is 11.3 Å². The van der Waals surface area contributed by atoms with E-state index in [9.17, 15) is 12.8 Å². The molecule has 0 bridgehead atoms. The lowest BCUT2D eigenvalue weighted by atomic mass is 10.2. The zero-order valence-corrected chi connectivity index (χ0v) is 8.09. The Labute approximate surface area is 81.7 Å². The van der Waals surface area contributed by atoms with Gasteiger partial charge in [-0.15, -0.1) is 0 Å². The maximum Gasteiger partial charge on any atom is 0.180 e. The third kappa shape index (κ3) is 2.30. The fraction of sp³-hybridized carbons (Fsp3) is 0.222. The van der Waals surface area contributed by atoms with Crippen molar-refractivity contribution in [2.24, 2.45) is 0 Å². The molecule has 0 radical (unpaired) electrons. The molecule has 0 spiro atoms. The number of sulfone groups is 1. The van der Waals surface area contributed by atoms with Gasteiger partial charge < -0.3 is 0 Å². The van der Waals surface area contributed by atoms with Gasteiger partial charge in [-0.3, -0.25) is 0 Å². The Balaban J connectivity index is 3.05. The van der Waals surface area contributed by atoms with Crippen LogP contribution >= 0.6 is 0 Å². The molecule has 0 saturated heterocycles. The molecule has 74 valence electrons. The average Bonchev–Trinajstić information content (AvgIpc) is 2.18. The highest BCUT2D eigenvalue weighted by molar-refractivity contribution is 7.91. The van der Waals surface area contributed by atoms with E-state index in [1.807, 2.05) is 6.07 Å².